The van der Waals surface area contributed by atoms with Crippen LogP contribution in [0.1, 0.15) is 106 Å². The van der Waals surface area contributed by atoms with Gasteiger partial charge < -0.3 is 35.0 Å². The maximum Gasteiger partial charge on any atom is 0.417 e. The quantitative estimate of drug-likeness (QED) is 0.0728. The molecule has 7 rings (SSSR count). The zero-order valence-electron chi connectivity index (χ0n) is 40.7. The fraction of sp³-hybridized carbons (Fsp3) is 0.481. The summed E-state index contributed by atoms with van der Waals surface area (Å²) in [6.07, 6.45) is -0.951. The third-order valence-electron chi connectivity index (χ3n) is 13.5. The molecule has 3 atom stereocenters. The molecule has 0 bridgehead atoms. The summed E-state index contributed by atoms with van der Waals surface area (Å²) in [6, 6.07) is 16.9. The van der Waals surface area contributed by atoms with E-state index in [1.165, 1.54) is 15.8 Å². The van der Waals surface area contributed by atoms with Crippen molar-refractivity contribution < 1.29 is 46.9 Å². The maximum absolute atomic E-state index is 14.1. The summed E-state index contributed by atoms with van der Waals surface area (Å²) in [4.78, 5) is 64.4. The Morgan fingerprint density at radius 2 is 1.59 bits per heavy atom. The number of nitriles is 1. The van der Waals surface area contributed by atoms with Crippen molar-refractivity contribution in [1.82, 2.24) is 20.5 Å². The molecular weight excluding hydrogens is 956 g/mol. The van der Waals surface area contributed by atoms with Gasteiger partial charge in [-0.15, -0.1) is 11.3 Å². The number of aliphatic hydroxyl groups is 1. The first kappa shape index (κ1) is 52.7. The number of alkyl halides is 3. The molecule has 14 nitrogen and oxygen atoms in total. The highest BCUT2D eigenvalue weighted by Gasteiger charge is 2.51. The lowest BCUT2D eigenvalue weighted by atomic mass is 9.81. The Bertz CT molecular complexity index is 2640. The number of halogens is 3. The summed E-state index contributed by atoms with van der Waals surface area (Å²) >= 11 is 7.34. The molecule has 3 aromatic carbocycles. The molecule has 2 saturated heterocycles. The number of hydrogen-bond acceptors (Lipinski definition) is 11. The van der Waals surface area contributed by atoms with Crippen LogP contribution in [0.15, 0.2) is 72.2 Å². The molecule has 0 unspecified atom stereocenters. The summed E-state index contributed by atoms with van der Waals surface area (Å²) < 4.78 is 53.0. The first-order chi connectivity index (χ1) is 33.6. The number of likely N-dealkylation sites (tertiary alicyclic amines) is 1. The van der Waals surface area contributed by atoms with Crippen molar-refractivity contribution in [3.8, 4) is 17.6 Å². The molecule has 71 heavy (non-hydrogen) atoms. The second kappa shape index (κ2) is 21.7. The van der Waals surface area contributed by atoms with Gasteiger partial charge in [-0.3, -0.25) is 24.1 Å². The van der Waals surface area contributed by atoms with E-state index in [0.717, 1.165) is 54.0 Å². The first-order valence-electron chi connectivity index (χ1n) is 23.8. The van der Waals surface area contributed by atoms with Crippen LogP contribution in [-0.2, 0) is 31.8 Å². The van der Waals surface area contributed by atoms with Crippen LogP contribution in [-0.4, -0.2) is 93.8 Å². The summed E-state index contributed by atoms with van der Waals surface area (Å²) in [5.74, 6) is 0.381. The normalized spacial score (nSPS) is 20.7. The molecule has 1 aliphatic carbocycles. The van der Waals surface area contributed by atoms with E-state index in [4.69, 9.17) is 21.7 Å². The zero-order valence-corrected chi connectivity index (χ0v) is 42.3. The average molecular weight is 1020 g/mol. The van der Waals surface area contributed by atoms with Gasteiger partial charge in [0, 0.05) is 36.5 Å². The van der Waals surface area contributed by atoms with E-state index in [1.54, 1.807) is 72.6 Å². The number of aryl methyl sites for hydroxylation is 2. The molecule has 378 valence electrons. The van der Waals surface area contributed by atoms with Crippen LogP contribution < -0.4 is 29.9 Å². The van der Waals surface area contributed by atoms with E-state index in [9.17, 15) is 42.7 Å². The molecule has 0 spiro atoms. The van der Waals surface area contributed by atoms with Crippen molar-refractivity contribution >= 4 is 63.7 Å². The van der Waals surface area contributed by atoms with Crippen molar-refractivity contribution in [1.29, 1.82) is 5.26 Å². The molecule has 4 aromatic rings. The fourth-order valence-electron chi connectivity index (χ4n) is 9.53. The number of benzene rings is 3. The van der Waals surface area contributed by atoms with Crippen molar-refractivity contribution in [2.75, 3.05) is 36.1 Å². The van der Waals surface area contributed by atoms with Gasteiger partial charge in [-0.25, -0.2) is 4.98 Å². The van der Waals surface area contributed by atoms with E-state index in [-0.39, 0.29) is 55.2 Å². The second-order valence-electron chi connectivity index (χ2n) is 20.0. The number of thiazole rings is 1. The van der Waals surface area contributed by atoms with Crippen molar-refractivity contribution in [2.24, 2.45) is 11.3 Å². The Morgan fingerprint density at radius 3 is 2.17 bits per heavy atom. The highest BCUT2D eigenvalue weighted by atomic mass is 32.1. The minimum absolute atomic E-state index is 0.00981. The van der Waals surface area contributed by atoms with Gasteiger partial charge in [-0.2, -0.15) is 18.4 Å². The van der Waals surface area contributed by atoms with Gasteiger partial charge in [0.1, 0.15) is 42.3 Å². The SMILES string of the molecule is Cc1ncsc1C1CCC(CNC(=O)[C@@H]2C[C@@H](O)CN2C(=O)[C@@H](NC(=O)CCc2ccc(OCCOc3ccc(N4C(=S)N(c5ccc(C#N)c(C(F)(F)F)c5)C(=O)C4(C)C)cc3)cc2)C(C)(C)C)CC1. The van der Waals surface area contributed by atoms with Crippen LogP contribution in [0.3, 0.4) is 0 Å². The van der Waals surface area contributed by atoms with Crippen molar-refractivity contribution in [3.05, 3.63) is 99.5 Å². The molecule has 19 heteroatoms. The van der Waals surface area contributed by atoms with Crippen molar-refractivity contribution in [2.45, 2.75) is 122 Å². The van der Waals surface area contributed by atoms with E-state index >= 15 is 0 Å². The molecule has 0 radical (unpaired) electrons. The number of carbonyl (C=O) groups excluding carboxylic acids is 4. The van der Waals surface area contributed by atoms with E-state index < -0.39 is 58.3 Å². The Morgan fingerprint density at radius 1 is 0.972 bits per heavy atom. The Balaban J connectivity index is 0.850. The van der Waals surface area contributed by atoms with E-state index in [1.807, 2.05) is 38.4 Å². The van der Waals surface area contributed by atoms with E-state index in [2.05, 4.69) is 22.5 Å². The van der Waals surface area contributed by atoms with Crippen LogP contribution in [0.25, 0.3) is 0 Å². The lowest BCUT2D eigenvalue weighted by Crippen LogP contribution is -2.58. The van der Waals surface area contributed by atoms with Gasteiger partial charge in [0.2, 0.25) is 17.7 Å². The Labute approximate surface area is 421 Å². The lowest BCUT2D eigenvalue weighted by molar-refractivity contribution is -0.144. The number of rotatable bonds is 16. The number of amides is 4. The molecule has 4 amide bonds. The summed E-state index contributed by atoms with van der Waals surface area (Å²) in [5, 5.41) is 25.8. The predicted octanol–water partition coefficient (Wildman–Crippen LogP) is 8.23. The number of nitrogens with zero attached hydrogens (tertiary/aromatic N) is 5. The van der Waals surface area contributed by atoms with Crippen LogP contribution in [0.4, 0.5) is 24.5 Å². The van der Waals surface area contributed by atoms with Crippen LogP contribution >= 0.6 is 23.6 Å². The number of anilines is 2. The summed E-state index contributed by atoms with van der Waals surface area (Å²) in [5.41, 5.74) is 0.643. The number of aromatic nitrogens is 1. The van der Waals surface area contributed by atoms with Gasteiger partial charge >= 0.3 is 6.18 Å². The molecule has 3 aliphatic rings. The highest BCUT2D eigenvalue weighted by Crippen LogP contribution is 2.41. The maximum atomic E-state index is 14.1. The van der Waals surface area contributed by atoms with Crippen LogP contribution in [0.5, 0.6) is 11.5 Å². The lowest BCUT2D eigenvalue weighted by Gasteiger charge is -2.35. The summed E-state index contributed by atoms with van der Waals surface area (Å²) in [7, 11) is 0. The number of hydrogen-bond donors (Lipinski definition) is 3. The predicted molar refractivity (Wildman–Crippen MR) is 267 cm³/mol. The minimum atomic E-state index is -4.81. The van der Waals surface area contributed by atoms with Gasteiger partial charge in [0.25, 0.3) is 5.91 Å². The number of ether oxygens (including phenoxy) is 2. The largest absolute Gasteiger partial charge is 0.490 e. The van der Waals surface area contributed by atoms with Gasteiger partial charge in [-0.05, 0) is 143 Å². The average Bonchev–Trinajstić information content (AvgIpc) is 4.00. The number of β-amino-alcohol motifs (C(OH)–C–C–N with tert-alkyl or cyclic N) is 1. The number of carbonyl (C=O) groups is 4. The first-order valence-corrected chi connectivity index (χ1v) is 25.1. The molecule has 1 saturated carbocycles. The Kier molecular flexibility index (Phi) is 16.1. The van der Waals surface area contributed by atoms with Crippen LogP contribution in [0.2, 0.25) is 0 Å². The van der Waals surface area contributed by atoms with Gasteiger partial charge in [-0.1, -0.05) is 32.9 Å². The zero-order chi connectivity index (χ0) is 51.4. The van der Waals surface area contributed by atoms with Gasteiger partial charge in [0.15, 0.2) is 5.11 Å². The smallest absolute Gasteiger partial charge is 0.417 e. The monoisotopic (exact) mass is 1020 g/mol. The molecule has 3 N–H and O–H groups in total. The standard InChI is InChI=1S/C52H60F3N7O7S2/c1-31-44(71-30-58-31)34-12-7-33(8-13-34)28-57-46(65)42-26-38(63)29-60(42)47(66)45(50(2,3)4)59-43(64)22-11-32-9-18-39(19-10-32)68-23-24-69-40-20-16-36(17-21-40)62-49(70)61(48(67)51(62,5)6)37-15-14-35(27-56)41(25-37)52(53,54)55/h9-10,14-21,25,30,33-34,38,42,45,63H,7-8,11-13,22-24,26,28-29H2,1-6H3,(H,57,65)(H,59,64)/t33?,34?,38-,42+,45-/m1/s1. The van der Waals surface area contributed by atoms with Crippen LogP contribution in [0, 0.1) is 29.6 Å². The molecule has 3 fully saturated rings. The van der Waals surface area contributed by atoms with E-state index in [0.29, 0.717) is 42.0 Å². The second-order valence-corrected chi connectivity index (χ2v) is 21.3. The third-order valence-corrected chi connectivity index (χ3v) is 14.9. The minimum Gasteiger partial charge on any atom is -0.490 e. The fourth-order valence-corrected chi connectivity index (χ4v) is 11.0. The molecule has 3 heterocycles. The Hall–Kier alpha value is -6.10. The number of aliphatic hydroxyl groups excluding tert-OH is 1. The third kappa shape index (κ3) is 12.2. The molecule has 1 aromatic heterocycles. The molecular formula is C52H60F3N7O7S2. The number of thiocarbonyl (C=S) groups is 1. The van der Waals surface area contributed by atoms with Crippen molar-refractivity contribution in [3.63, 3.8) is 0 Å². The highest BCUT2D eigenvalue weighted by molar-refractivity contribution is 7.81. The topological polar surface area (TPSA) is 177 Å². The molecule has 2 aliphatic heterocycles. The summed E-state index contributed by atoms with van der Waals surface area (Å²) in [6.45, 7) is 11.8. The number of nitrogens with one attached hydrogen (secondary N) is 2. The van der Waals surface area contributed by atoms with Gasteiger partial charge in [0.05, 0.1) is 40.2 Å².